The second kappa shape index (κ2) is 5.44. The molecule has 2 rings (SSSR count). The number of phenols is 1. The molecule has 0 aromatic heterocycles. The van der Waals surface area contributed by atoms with Crippen molar-refractivity contribution >= 4 is 17.3 Å². The summed E-state index contributed by atoms with van der Waals surface area (Å²) in [6.45, 7) is 0. The molecule has 4 nitrogen and oxygen atoms in total. The van der Waals surface area contributed by atoms with Crippen LogP contribution in [0.15, 0.2) is 48.5 Å². The van der Waals surface area contributed by atoms with E-state index in [-0.39, 0.29) is 11.7 Å². The van der Waals surface area contributed by atoms with E-state index in [4.69, 9.17) is 5.73 Å². The number of nitrogen functional groups attached to an aromatic ring is 1. The molecule has 0 aliphatic heterocycles. The van der Waals surface area contributed by atoms with E-state index in [0.717, 1.165) is 5.56 Å². The van der Waals surface area contributed by atoms with Gasteiger partial charge in [0.2, 0.25) is 5.91 Å². The Hall–Kier alpha value is -2.49. The predicted octanol–water partition coefficient (Wildman–Crippen LogP) is 2.18. The second-order valence-electron chi connectivity index (χ2n) is 4.39. The third-order valence-electron chi connectivity index (χ3n) is 2.93. The Balaban J connectivity index is 2.09. The second-order valence-corrected chi connectivity index (χ2v) is 4.39. The molecule has 1 amide bonds. The number of likely N-dealkylation sites (N-methyl/N-ethyl adjacent to an activating group) is 1. The highest BCUT2D eigenvalue weighted by Gasteiger charge is 2.11. The van der Waals surface area contributed by atoms with Crippen molar-refractivity contribution in [2.24, 2.45) is 0 Å². The molecular weight excluding hydrogens is 240 g/mol. The fourth-order valence-electron chi connectivity index (χ4n) is 1.77. The highest BCUT2D eigenvalue weighted by molar-refractivity contribution is 5.94. The van der Waals surface area contributed by atoms with Crippen molar-refractivity contribution in [1.82, 2.24) is 0 Å². The number of hydrogen-bond acceptors (Lipinski definition) is 3. The summed E-state index contributed by atoms with van der Waals surface area (Å²) in [4.78, 5) is 13.6. The Bertz CT molecular complexity index is 579. The zero-order valence-electron chi connectivity index (χ0n) is 10.7. The van der Waals surface area contributed by atoms with Crippen molar-refractivity contribution in [2.45, 2.75) is 6.42 Å². The largest absolute Gasteiger partial charge is 0.508 e. The number of benzene rings is 2. The Morgan fingerprint density at radius 3 is 2.53 bits per heavy atom. The number of rotatable bonds is 3. The van der Waals surface area contributed by atoms with Crippen LogP contribution < -0.4 is 10.6 Å². The molecule has 0 saturated heterocycles. The molecule has 0 aliphatic carbocycles. The van der Waals surface area contributed by atoms with E-state index in [0.29, 0.717) is 17.8 Å². The molecule has 19 heavy (non-hydrogen) atoms. The summed E-state index contributed by atoms with van der Waals surface area (Å²) in [5, 5.41) is 9.41. The molecule has 0 spiro atoms. The van der Waals surface area contributed by atoms with Gasteiger partial charge in [0.25, 0.3) is 0 Å². The van der Waals surface area contributed by atoms with Crippen LogP contribution >= 0.6 is 0 Å². The first-order valence-corrected chi connectivity index (χ1v) is 5.96. The van der Waals surface area contributed by atoms with Crippen molar-refractivity contribution in [1.29, 1.82) is 0 Å². The number of carbonyl (C=O) groups is 1. The summed E-state index contributed by atoms with van der Waals surface area (Å²) in [6.07, 6.45) is 0.298. The van der Waals surface area contributed by atoms with Crippen LogP contribution in [0.5, 0.6) is 5.75 Å². The minimum absolute atomic E-state index is 0.0460. The third-order valence-corrected chi connectivity index (χ3v) is 2.93. The molecule has 2 aromatic rings. The average molecular weight is 256 g/mol. The van der Waals surface area contributed by atoms with Gasteiger partial charge < -0.3 is 15.7 Å². The summed E-state index contributed by atoms with van der Waals surface area (Å²) in [7, 11) is 1.69. The first-order valence-electron chi connectivity index (χ1n) is 5.96. The highest BCUT2D eigenvalue weighted by atomic mass is 16.3. The van der Waals surface area contributed by atoms with Gasteiger partial charge in [-0.25, -0.2) is 0 Å². The van der Waals surface area contributed by atoms with Crippen LogP contribution in [0.25, 0.3) is 0 Å². The molecule has 3 N–H and O–H groups in total. The minimum atomic E-state index is -0.0460. The Labute approximate surface area is 112 Å². The van der Waals surface area contributed by atoms with Crippen LogP contribution in [0.3, 0.4) is 0 Å². The average Bonchev–Trinajstić information content (AvgIpc) is 2.40. The summed E-state index contributed by atoms with van der Waals surface area (Å²) in [6, 6.07) is 13.8. The molecule has 98 valence electrons. The monoisotopic (exact) mass is 256 g/mol. The lowest BCUT2D eigenvalue weighted by Crippen LogP contribution is -2.27. The zero-order valence-corrected chi connectivity index (χ0v) is 10.7. The molecular formula is C15H16N2O2. The van der Waals surface area contributed by atoms with Crippen molar-refractivity contribution in [2.75, 3.05) is 17.7 Å². The maximum atomic E-state index is 12.1. The number of amides is 1. The molecule has 0 unspecified atom stereocenters. The van der Waals surface area contributed by atoms with Crippen LogP contribution in [0.1, 0.15) is 5.56 Å². The van der Waals surface area contributed by atoms with Gasteiger partial charge in [-0.3, -0.25) is 4.79 Å². The van der Waals surface area contributed by atoms with Gasteiger partial charge in [0.05, 0.1) is 6.42 Å². The fourth-order valence-corrected chi connectivity index (χ4v) is 1.77. The lowest BCUT2D eigenvalue weighted by atomic mass is 10.1. The van der Waals surface area contributed by atoms with Gasteiger partial charge in [0, 0.05) is 24.5 Å². The topological polar surface area (TPSA) is 66.6 Å². The lowest BCUT2D eigenvalue weighted by molar-refractivity contribution is -0.117. The Morgan fingerprint density at radius 2 is 1.89 bits per heavy atom. The van der Waals surface area contributed by atoms with Crippen molar-refractivity contribution in [3.05, 3.63) is 54.1 Å². The van der Waals surface area contributed by atoms with E-state index in [1.807, 2.05) is 12.1 Å². The third kappa shape index (κ3) is 3.25. The Kier molecular flexibility index (Phi) is 3.71. The SMILES string of the molecule is CN(C(=O)Cc1ccc(N)cc1)c1cccc(O)c1. The molecule has 4 heteroatoms. The molecule has 0 bridgehead atoms. The van der Waals surface area contributed by atoms with Gasteiger partial charge in [0.15, 0.2) is 0 Å². The van der Waals surface area contributed by atoms with Gasteiger partial charge in [-0.2, -0.15) is 0 Å². The maximum absolute atomic E-state index is 12.1. The van der Waals surface area contributed by atoms with Crippen LogP contribution in [-0.4, -0.2) is 18.1 Å². The molecule has 0 radical (unpaired) electrons. The smallest absolute Gasteiger partial charge is 0.231 e. The van der Waals surface area contributed by atoms with Crippen molar-refractivity contribution < 1.29 is 9.90 Å². The van der Waals surface area contributed by atoms with Crippen molar-refractivity contribution in [3.8, 4) is 5.75 Å². The number of anilines is 2. The van der Waals surface area contributed by atoms with Crippen molar-refractivity contribution in [3.63, 3.8) is 0 Å². The van der Waals surface area contributed by atoms with Gasteiger partial charge in [0.1, 0.15) is 5.75 Å². The van der Waals surface area contributed by atoms with Crippen LogP contribution in [0, 0.1) is 0 Å². The maximum Gasteiger partial charge on any atom is 0.231 e. The fraction of sp³-hybridized carbons (Fsp3) is 0.133. The van der Waals surface area contributed by atoms with E-state index in [2.05, 4.69) is 0 Å². The van der Waals surface area contributed by atoms with E-state index in [9.17, 15) is 9.90 Å². The van der Waals surface area contributed by atoms with Gasteiger partial charge in [-0.15, -0.1) is 0 Å². The molecule has 2 aromatic carbocycles. The number of nitrogens with zero attached hydrogens (tertiary/aromatic N) is 1. The number of carbonyl (C=O) groups excluding carboxylic acids is 1. The van der Waals surface area contributed by atoms with Crippen LogP contribution in [-0.2, 0) is 11.2 Å². The first-order chi connectivity index (χ1) is 9.06. The predicted molar refractivity (Wildman–Crippen MR) is 76.1 cm³/mol. The number of nitrogens with two attached hydrogens (primary N) is 1. The first kappa shape index (κ1) is 13.0. The quantitative estimate of drug-likeness (QED) is 0.827. The van der Waals surface area contributed by atoms with E-state index in [1.165, 1.54) is 4.90 Å². The van der Waals surface area contributed by atoms with Crippen LogP contribution in [0.4, 0.5) is 11.4 Å². The zero-order chi connectivity index (χ0) is 13.8. The normalized spacial score (nSPS) is 10.2. The minimum Gasteiger partial charge on any atom is -0.508 e. The highest BCUT2D eigenvalue weighted by Crippen LogP contribution is 2.19. The van der Waals surface area contributed by atoms with Crippen LogP contribution in [0.2, 0.25) is 0 Å². The molecule has 0 atom stereocenters. The number of phenolic OH excluding ortho intramolecular Hbond substituents is 1. The molecule has 0 fully saturated rings. The Morgan fingerprint density at radius 1 is 1.21 bits per heavy atom. The molecule has 0 saturated carbocycles. The summed E-state index contributed by atoms with van der Waals surface area (Å²) >= 11 is 0. The summed E-state index contributed by atoms with van der Waals surface area (Å²) < 4.78 is 0. The summed E-state index contributed by atoms with van der Waals surface area (Å²) in [5.74, 6) is 0.0972. The van der Waals surface area contributed by atoms with Gasteiger partial charge >= 0.3 is 0 Å². The van der Waals surface area contributed by atoms with E-state index < -0.39 is 0 Å². The lowest BCUT2D eigenvalue weighted by Gasteiger charge is -2.17. The van der Waals surface area contributed by atoms with E-state index in [1.54, 1.807) is 43.4 Å². The van der Waals surface area contributed by atoms with Gasteiger partial charge in [-0.1, -0.05) is 18.2 Å². The van der Waals surface area contributed by atoms with Gasteiger partial charge in [-0.05, 0) is 29.8 Å². The number of hydrogen-bond donors (Lipinski definition) is 2. The van der Waals surface area contributed by atoms with E-state index >= 15 is 0 Å². The number of aromatic hydroxyl groups is 1. The molecule has 0 heterocycles. The summed E-state index contributed by atoms with van der Waals surface area (Å²) in [5.41, 5.74) is 7.86. The standard InChI is InChI=1S/C15H16N2O2/c1-17(13-3-2-4-14(18)10-13)15(19)9-11-5-7-12(16)8-6-11/h2-8,10,18H,9,16H2,1H3. The molecule has 0 aliphatic rings.